The number of rotatable bonds is 8. The van der Waals surface area contributed by atoms with Crippen molar-refractivity contribution in [2.75, 3.05) is 20.1 Å². The zero-order valence-corrected chi connectivity index (χ0v) is 12.1. The molecule has 0 spiro atoms. The minimum absolute atomic E-state index is 0.0455. The number of aryl methyl sites for hydroxylation is 1. The number of carbonyl (C=O) groups excluding carboxylic acids is 1. The molecule has 0 aromatic heterocycles. The third-order valence-electron chi connectivity index (χ3n) is 3.45. The van der Waals surface area contributed by atoms with Crippen LogP contribution in [0.1, 0.15) is 31.7 Å². The Labute approximate surface area is 116 Å². The highest BCUT2D eigenvalue weighted by Crippen LogP contribution is 2.08. The number of unbranched alkanes of at least 4 members (excludes halogenated alkanes) is 1. The van der Waals surface area contributed by atoms with Crippen LogP contribution in [0.15, 0.2) is 30.3 Å². The van der Waals surface area contributed by atoms with Gasteiger partial charge in [-0.3, -0.25) is 4.79 Å². The zero-order chi connectivity index (χ0) is 14.1. The predicted molar refractivity (Wildman–Crippen MR) is 79.9 cm³/mol. The Bertz CT molecular complexity index is 364. The van der Waals surface area contributed by atoms with E-state index in [0.717, 1.165) is 32.2 Å². The Hall–Kier alpha value is -1.35. The second kappa shape index (κ2) is 8.70. The van der Waals surface area contributed by atoms with Crippen molar-refractivity contribution in [3.63, 3.8) is 0 Å². The summed E-state index contributed by atoms with van der Waals surface area (Å²) in [6.07, 6.45) is 4.02. The minimum atomic E-state index is 0.0455. The van der Waals surface area contributed by atoms with Gasteiger partial charge in [-0.25, -0.2) is 0 Å². The minimum Gasteiger partial charge on any atom is -0.346 e. The van der Waals surface area contributed by atoms with Crippen LogP contribution >= 0.6 is 0 Å². The first kappa shape index (κ1) is 15.7. The largest absolute Gasteiger partial charge is 0.346 e. The van der Waals surface area contributed by atoms with Crippen LogP contribution < -0.4 is 5.73 Å². The maximum absolute atomic E-state index is 12.0. The maximum atomic E-state index is 12.0. The third kappa shape index (κ3) is 5.88. The van der Waals surface area contributed by atoms with Gasteiger partial charge in [-0.1, -0.05) is 37.3 Å². The molecular weight excluding hydrogens is 236 g/mol. The number of carbonyl (C=O) groups is 1. The summed E-state index contributed by atoms with van der Waals surface area (Å²) < 4.78 is 0. The van der Waals surface area contributed by atoms with E-state index >= 15 is 0 Å². The topological polar surface area (TPSA) is 46.3 Å². The molecule has 1 rings (SSSR count). The summed E-state index contributed by atoms with van der Waals surface area (Å²) in [5.41, 5.74) is 6.85. The zero-order valence-electron chi connectivity index (χ0n) is 12.1. The SMILES string of the molecule is CC(CCN)C(=O)N(C)CCCCc1ccccc1. The first-order valence-corrected chi connectivity index (χ1v) is 7.14. The summed E-state index contributed by atoms with van der Waals surface area (Å²) in [6, 6.07) is 10.5. The molecule has 0 aliphatic heterocycles. The van der Waals surface area contributed by atoms with Gasteiger partial charge in [0.1, 0.15) is 0 Å². The highest BCUT2D eigenvalue weighted by Gasteiger charge is 2.15. The molecule has 3 nitrogen and oxygen atoms in total. The Morgan fingerprint density at radius 1 is 1.26 bits per heavy atom. The van der Waals surface area contributed by atoms with Crippen molar-refractivity contribution >= 4 is 5.91 Å². The molecule has 3 heteroatoms. The summed E-state index contributed by atoms with van der Waals surface area (Å²) in [5.74, 6) is 0.259. The van der Waals surface area contributed by atoms with Gasteiger partial charge in [0.05, 0.1) is 0 Å². The third-order valence-corrected chi connectivity index (χ3v) is 3.45. The summed E-state index contributed by atoms with van der Waals surface area (Å²) in [4.78, 5) is 13.8. The predicted octanol–water partition coefficient (Wildman–Crippen LogP) is 2.45. The first-order chi connectivity index (χ1) is 9.15. The van der Waals surface area contributed by atoms with Gasteiger partial charge in [-0.15, -0.1) is 0 Å². The molecular formula is C16H26N2O. The average molecular weight is 262 g/mol. The summed E-state index contributed by atoms with van der Waals surface area (Å²) in [7, 11) is 1.89. The lowest BCUT2D eigenvalue weighted by Gasteiger charge is -2.21. The average Bonchev–Trinajstić information content (AvgIpc) is 2.44. The van der Waals surface area contributed by atoms with E-state index in [1.807, 2.05) is 24.9 Å². The van der Waals surface area contributed by atoms with Crippen molar-refractivity contribution < 1.29 is 4.79 Å². The summed E-state index contributed by atoms with van der Waals surface area (Å²) >= 11 is 0. The van der Waals surface area contributed by atoms with Gasteiger partial charge in [0.2, 0.25) is 5.91 Å². The molecule has 2 N–H and O–H groups in total. The fourth-order valence-corrected chi connectivity index (χ4v) is 2.18. The highest BCUT2D eigenvalue weighted by molar-refractivity contribution is 5.78. The van der Waals surface area contributed by atoms with Crippen molar-refractivity contribution in [3.05, 3.63) is 35.9 Å². The quantitative estimate of drug-likeness (QED) is 0.731. The molecule has 1 aromatic rings. The second-order valence-corrected chi connectivity index (χ2v) is 5.18. The normalized spacial score (nSPS) is 12.2. The number of amides is 1. The van der Waals surface area contributed by atoms with E-state index in [1.54, 1.807) is 0 Å². The van der Waals surface area contributed by atoms with Crippen LogP contribution in [0, 0.1) is 5.92 Å². The van der Waals surface area contributed by atoms with E-state index in [4.69, 9.17) is 5.73 Å². The number of hydrogen-bond acceptors (Lipinski definition) is 2. The second-order valence-electron chi connectivity index (χ2n) is 5.18. The molecule has 0 aliphatic rings. The number of benzene rings is 1. The standard InChI is InChI=1S/C16H26N2O/c1-14(11-12-17)16(19)18(2)13-7-6-10-15-8-4-3-5-9-15/h3-5,8-9,14H,6-7,10-13,17H2,1-2H3. The summed E-state index contributed by atoms with van der Waals surface area (Å²) in [5, 5.41) is 0. The molecule has 106 valence electrons. The van der Waals surface area contributed by atoms with Crippen molar-refractivity contribution in [2.24, 2.45) is 11.7 Å². The number of nitrogens with two attached hydrogens (primary N) is 1. The Kier molecular flexibility index (Phi) is 7.19. The maximum Gasteiger partial charge on any atom is 0.225 e. The van der Waals surface area contributed by atoms with Gasteiger partial charge in [-0.05, 0) is 37.8 Å². The fourth-order valence-electron chi connectivity index (χ4n) is 2.18. The van der Waals surface area contributed by atoms with Crippen molar-refractivity contribution in [1.29, 1.82) is 0 Å². The Balaban J connectivity index is 2.20. The van der Waals surface area contributed by atoms with Crippen LogP contribution in [0.25, 0.3) is 0 Å². The van der Waals surface area contributed by atoms with E-state index in [0.29, 0.717) is 6.54 Å². The van der Waals surface area contributed by atoms with Gasteiger partial charge >= 0.3 is 0 Å². The molecule has 0 heterocycles. The first-order valence-electron chi connectivity index (χ1n) is 7.14. The van der Waals surface area contributed by atoms with Gasteiger partial charge in [0.25, 0.3) is 0 Å². The lowest BCUT2D eigenvalue weighted by Crippen LogP contribution is -2.33. The Morgan fingerprint density at radius 2 is 1.95 bits per heavy atom. The van der Waals surface area contributed by atoms with E-state index in [2.05, 4.69) is 24.3 Å². The molecule has 0 bridgehead atoms. The van der Waals surface area contributed by atoms with Crippen molar-refractivity contribution in [3.8, 4) is 0 Å². The molecule has 1 amide bonds. The molecule has 0 aliphatic carbocycles. The molecule has 1 aromatic carbocycles. The van der Waals surface area contributed by atoms with E-state index in [9.17, 15) is 4.79 Å². The van der Waals surface area contributed by atoms with Crippen LogP contribution in [-0.4, -0.2) is 30.9 Å². The lowest BCUT2D eigenvalue weighted by atomic mass is 10.1. The van der Waals surface area contributed by atoms with Crippen LogP contribution in [0.3, 0.4) is 0 Å². The molecule has 0 saturated heterocycles. The van der Waals surface area contributed by atoms with E-state index < -0.39 is 0 Å². The van der Waals surface area contributed by atoms with E-state index in [1.165, 1.54) is 5.56 Å². The van der Waals surface area contributed by atoms with Crippen LogP contribution in [0.2, 0.25) is 0 Å². The number of nitrogens with zero attached hydrogens (tertiary/aromatic N) is 1. The highest BCUT2D eigenvalue weighted by atomic mass is 16.2. The van der Waals surface area contributed by atoms with E-state index in [-0.39, 0.29) is 11.8 Å². The Morgan fingerprint density at radius 3 is 2.58 bits per heavy atom. The van der Waals surface area contributed by atoms with Crippen molar-refractivity contribution in [1.82, 2.24) is 4.90 Å². The van der Waals surface area contributed by atoms with Gasteiger partial charge in [-0.2, -0.15) is 0 Å². The van der Waals surface area contributed by atoms with Gasteiger partial charge in [0.15, 0.2) is 0 Å². The molecule has 1 unspecified atom stereocenters. The molecule has 0 fully saturated rings. The molecule has 19 heavy (non-hydrogen) atoms. The fraction of sp³-hybridized carbons (Fsp3) is 0.562. The summed E-state index contributed by atoms with van der Waals surface area (Å²) in [6.45, 7) is 3.37. The lowest BCUT2D eigenvalue weighted by molar-refractivity contribution is -0.133. The smallest absolute Gasteiger partial charge is 0.225 e. The van der Waals surface area contributed by atoms with Gasteiger partial charge in [0, 0.05) is 19.5 Å². The van der Waals surface area contributed by atoms with Crippen LogP contribution in [0.4, 0.5) is 0 Å². The number of hydrogen-bond donors (Lipinski definition) is 1. The monoisotopic (exact) mass is 262 g/mol. The molecule has 0 saturated carbocycles. The van der Waals surface area contributed by atoms with Crippen molar-refractivity contribution in [2.45, 2.75) is 32.6 Å². The van der Waals surface area contributed by atoms with Crippen LogP contribution in [0.5, 0.6) is 0 Å². The molecule has 1 atom stereocenters. The molecule has 0 radical (unpaired) electrons. The van der Waals surface area contributed by atoms with Crippen LogP contribution in [-0.2, 0) is 11.2 Å². The van der Waals surface area contributed by atoms with Gasteiger partial charge < -0.3 is 10.6 Å².